The number of carbonyl (C=O) groups is 2. The molecule has 1 fully saturated rings. The van der Waals surface area contributed by atoms with Crippen LogP contribution in [0, 0.1) is 0 Å². The largest absolute Gasteiger partial charge is 0.497 e. The lowest BCUT2D eigenvalue weighted by molar-refractivity contribution is -0.138. The number of hydrogen-bond acceptors (Lipinski definition) is 6. The second-order valence-corrected chi connectivity index (χ2v) is 7.16. The van der Waals surface area contributed by atoms with Crippen molar-refractivity contribution in [3.8, 4) is 11.5 Å². The van der Waals surface area contributed by atoms with Gasteiger partial charge in [0.05, 0.1) is 19.9 Å². The molecule has 0 atom stereocenters. The fourth-order valence-corrected chi connectivity index (χ4v) is 3.41. The molecule has 0 radical (unpaired) electrons. The summed E-state index contributed by atoms with van der Waals surface area (Å²) in [5, 5.41) is 2.78. The van der Waals surface area contributed by atoms with Gasteiger partial charge in [-0.05, 0) is 29.8 Å². The van der Waals surface area contributed by atoms with E-state index in [9.17, 15) is 9.59 Å². The number of benzene rings is 2. The number of hydrogen-bond donors (Lipinski definition) is 1. The molecule has 1 aliphatic heterocycles. The molecule has 0 unspecified atom stereocenters. The first-order valence-corrected chi connectivity index (χ1v) is 10.2. The fraction of sp³-hybridized carbons (Fsp3) is 0.391. The summed E-state index contributed by atoms with van der Waals surface area (Å²) in [7, 11) is 3.26. The van der Waals surface area contributed by atoms with Crippen LogP contribution in [-0.2, 0) is 20.9 Å². The van der Waals surface area contributed by atoms with Crippen molar-refractivity contribution in [1.29, 1.82) is 0 Å². The number of rotatable bonds is 9. The van der Waals surface area contributed by atoms with Crippen molar-refractivity contribution in [2.75, 3.05) is 58.5 Å². The van der Waals surface area contributed by atoms with Crippen LogP contribution >= 0.6 is 0 Å². The Hall–Kier alpha value is -3.26. The number of amides is 2. The van der Waals surface area contributed by atoms with Crippen molar-refractivity contribution in [1.82, 2.24) is 10.2 Å². The summed E-state index contributed by atoms with van der Waals surface area (Å²) in [4.78, 5) is 28.3. The number of para-hydroxylation sites is 2. The van der Waals surface area contributed by atoms with Gasteiger partial charge in [0.25, 0.3) is 0 Å². The van der Waals surface area contributed by atoms with E-state index >= 15 is 0 Å². The normalized spacial score (nSPS) is 13.6. The number of nitrogens with one attached hydrogen (secondary N) is 1. The molecule has 31 heavy (non-hydrogen) atoms. The molecule has 1 heterocycles. The highest BCUT2D eigenvalue weighted by Crippen LogP contribution is 2.28. The molecule has 0 spiro atoms. The van der Waals surface area contributed by atoms with Crippen molar-refractivity contribution in [2.24, 2.45) is 0 Å². The molecule has 1 aliphatic rings. The lowest BCUT2D eigenvalue weighted by Gasteiger charge is -2.36. The zero-order valence-corrected chi connectivity index (χ0v) is 18.0. The first-order valence-electron chi connectivity index (χ1n) is 10.2. The molecule has 1 saturated heterocycles. The average Bonchev–Trinajstić information content (AvgIpc) is 2.83. The predicted octanol–water partition coefficient (Wildman–Crippen LogP) is 1.69. The molecule has 0 aliphatic carbocycles. The molecule has 2 aromatic carbocycles. The van der Waals surface area contributed by atoms with E-state index in [0.717, 1.165) is 22.7 Å². The lowest BCUT2D eigenvalue weighted by Crippen LogP contribution is -2.50. The minimum atomic E-state index is -0.260. The minimum Gasteiger partial charge on any atom is -0.497 e. The number of nitrogens with zero attached hydrogens (tertiary/aromatic N) is 2. The SMILES string of the molecule is COc1ccc(CNC(=O)COCC(=O)N2CCN(c3ccccc3OC)CC2)cc1. The van der Waals surface area contributed by atoms with E-state index in [1.54, 1.807) is 19.1 Å². The summed E-state index contributed by atoms with van der Waals surface area (Å²) in [6, 6.07) is 15.3. The van der Waals surface area contributed by atoms with E-state index < -0.39 is 0 Å². The zero-order chi connectivity index (χ0) is 22.1. The van der Waals surface area contributed by atoms with Gasteiger partial charge in [0, 0.05) is 32.7 Å². The maximum atomic E-state index is 12.4. The molecule has 2 aromatic rings. The van der Waals surface area contributed by atoms with E-state index in [2.05, 4.69) is 10.2 Å². The van der Waals surface area contributed by atoms with Crippen LogP contribution in [-0.4, -0.2) is 70.3 Å². The van der Waals surface area contributed by atoms with Crippen LogP contribution in [0.4, 0.5) is 5.69 Å². The fourth-order valence-electron chi connectivity index (χ4n) is 3.41. The smallest absolute Gasteiger partial charge is 0.248 e. The predicted molar refractivity (Wildman–Crippen MR) is 117 cm³/mol. The molecule has 8 nitrogen and oxygen atoms in total. The molecule has 8 heteroatoms. The maximum Gasteiger partial charge on any atom is 0.248 e. The Labute approximate surface area is 182 Å². The Kier molecular flexibility index (Phi) is 8.12. The van der Waals surface area contributed by atoms with Crippen molar-refractivity contribution >= 4 is 17.5 Å². The first kappa shape index (κ1) is 22.4. The van der Waals surface area contributed by atoms with Gasteiger partial charge >= 0.3 is 0 Å². The second kappa shape index (κ2) is 11.2. The van der Waals surface area contributed by atoms with Crippen LogP contribution < -0.4 is 19.7 Å². The quantitative estimate of drug-likeness (QED) is 0.656. The number of carbonyl (C=O) groups excluding carboxylic acids is 2. The Bertz CT molecular complexity index is 864. The van der Waals surface area contributed by atoms with E-state index in [1.165, 1.54) is 0 Å². The Morgan fingerprint density at radius 2 is 1.61 bits per heavy atom. The van der Waals surface area contributed by atoms with Crippen molar-refractivity contribution in [3.63, 3.8) is 0 Å². The third-order valence-electron chi connectivity index (χ3n) is 5.17. The van der Waals surface area contributed by atoms with Crippen molar-refractivity contribution < 1.29 is 23.8 Å². The molecule has 1 N–H and O–H groups in total. The Morgan fingerprint density at radius 1 is 0.903 bits per heavy atom. The summed E-state index contributed by atoms with van der Waals surface area (Å²) in [6.45, 7) is 2.77. The molecule has 0 saturated carbocycles. The molecule has 166 valence electrons. The van der Waals surface area contributed by atoms with E-state index in [1.807, 2.05) is 48.5 Å². The summed E-state index contributed by atoms with van der Waals surface area (Å²) in [5.41, 5.74) is 1.99. The number of ether oxygens (including phenoxy) is 3. The van der Waals surface area contributed by atoms with Crippen LogP contribution in [0.15, 0.2) is 48.5 Å². The molecular formula is C23H29N3O5. The highest BCUT2D eigenvalue weighted by Gasteiger charge is 2.23. The summed E-state index contributed by atoms with van der Waals surface area (Å²) < 4.78 is 15.9. The van der Waals surface area contributed by atoms with Gasteiger partial charge < -0.3 is 29.3 Å². The van der Waals surface area contributed by atoms with Gasteiger partial charge in [0.15, 0.2) is 0 Å². The van der Waals surface area contributed by atoms with Gasteiger partial charge in [0.2, 0.25) is 11.8 Å². The highest BCUT2D eigenvalue weighted by atomic mass is 16.5. The van der Waals surface area contributed by atoms with Crippen LogP contribution in [0.2, 0.25) is 0 Å². The van der Waals surface area contributed by atoms with E-state index in [4.69, 9.17) is 14.2 Å². The molecule has 0 bridgehead atoms. The summed E-state index contributed by atoms with van der Waals surface area (Å²) in [5.74, 6) is 1.22. The zero-order valence-electron chi connectivity index (χ0n) is 18.0. The third-order valence-corrected chi connectivity index (χ3v) is 5.17. The summed E-state index contributed by atoms with van der Waals surface area (Å²) in [6.07, 6.45) is 0. The van der Waals surface area contributed by atoms with Gasteiger partial charge in [-0.1, -0.05) is 24.3 Å². The topological polar surface area (TPSA) is 80.3 Å². The van der Waals surface area contributed by atoms with Crippen LogP contribution in [0.1, 0.15) is 5.56 Å². The van der Waals surface area contributed by atoms with Gasteiger partial charge in [-0.25, -0.2) is 0 Å². The monoisotopic (exact) mass is 427 g/mol. The summed E-state index contributed by atoms with van der Waals surface area (Å²) >= 11 is 0. The Balaban J connectivity index is 1.35. The number of piperazine rings is 1. The first-order chi connectivity index (χ1) is 15.1. The molecule has 0 aromatic heterocycles. The standard InChI is InChI=1S/C23H29N3O5/c1-29-19-9-7-18(8-10-19)15-24-22(27)16-31-17-23(28)26-13-11-25(12-14-26)20-5-3-4-6-21(20)30-2/h3-10H,11-17H2,1-2H3,(H,24,27). The highest BCUT2D eigenvalue weighted by molar-refractivity contribution is 5.80. The van der Waals surface area contributed by atoms with E-state index in [-0.39, 0.29) is 25.0 Å². The van der Waals surface area contributed by atoms with Gasteiger partial charge in [0.1, 0.15) is 24.7 Å². The second-order valence-electron chi connectivity index (χ2n) is 7.16. The van der Waals surface area contributed by atoms with Gasteiger partial charge in [-0.2, -0.15) is 0 Å². The van der Waals surface area contributed by atoms with Crippen LogP contribution in [0.25, 0.3) is 0 Å². The average molecular weight is 428 g/mol. The molecule has 2 amide bonds. The minimum absolute atomic E-state index is 0.107. The number of methoxy groups -OCH3 is 2. The van der Waals surface area contributed by atoms with Gasteiger partial charge in [-0.3, -0.25) is 9.59 Å². The van der Waals surface area contributed by atoms with E-state index in [0.29, 0.717) is 32.7 Å². The number of anilines is 1. The lowest BCUT2D eigenvalue weighted by atomic mass is 10.2. The third kappa shape index (κ3) is 6.36. The molecule has 3 rings (SSSR count). The van der Waals surface area contributed by atoms with Crippen LogP contribution in [0.3, 0.4) is 0 Å². The van der Waals surface area contributed by atoms with Crippen molar-refractivity contribution in [3.05, 3.63) is 54.1 Å². The molecular weight excluding hydrogens is 398 g/mol. The Morgan fingerprint density at radius 3 is 2.29 bits per heavy atom. The van der Waals surface area contributed by atoms with Gasteiger partial charge in [-0.15, -0.1) is 0 Å². The van der Waals surface area contributed by atoms with Crippen LogP contribution in [0.5, 0.6) is 11.5 Å². The maximum absolute atomic E-state index is 12.4. The van der Waals surface area contributed by atoms with Crippen molar-refractivity contribution in [2.45, 2.75) is 6.54 Å².